The second-order valence-corrected chi connectivity index (χ2v) is 6.62. The third kappa shape index (κ3) is 2.97. The molecule has 7 nitrogen and oxygen atoms in total. The maximum absolute atomic E-state index is 5.74. The van der Waals surface area contributed by atoms with Crippen LogP contribution in [0.15, 0.2) is 18.3 Å². The summed E-state index contributed by atoms with van der Waals surface area (Å²) in [4.78, 5) is 7.23. The molecular formula is C14H20N6OS. The van der Waals surface area contributed by atoms with Crippen molar-refractivity contribution in [1.82, 2.24) is 19.7 Å². The van der Waals surface area contributed by atoms with E-state index in [-0.39, 0.29) is 6.10 Å². The standard InChI is InChI=1S/C14H20N6OS/c1-9(2)7-20-12(11-6-16-13(15)22-11)17-18-14(20)19-4-5-21-10(3)8-19/h6,10H,1,4-5,7-8H2,2-3H3,(H2,15,16). The van der Waals surface area contributed by atoms with E-state index in [1.54, 1.807) is 6.20 Å². The van der Waals surface area contributed by atoms with E-state index >= 15 is 0 Å². The number of nitrogens with two attached hydrogens (primary N) is 1. The summed E-state index contributed by atoms with van der Waals surface area (Å²) in [5.74, 6) is 1.63. The molecule has 2 aromatic heterocycles. The zero-order valence-electron chi connectivity index (χ0n) is 12.8. The monoisotopic (exact) mass is 320 g/mol. The highest BCUT2D eigenvalue weighted by atomic mass is 32.1. The van der Waals surface area contributed by atoms with E-state index in [1.807, 2.05) is 6.92 Å². The van der Waals surface area contributed by atoms with E-state index in [2.05, 4.69) is 38.2 Å². The molecule has 1 fully saturated rings. The van der Waals surface area contributed by atoms with Crippen molar-refractivity contribution in [2.24, 2.45) is 0 Å². The molecule has 1 atom stereocenters. The zero-order valence-corrected chi connectivity index (χ0v) is 13.6. The lowest BCUT2D eigenvalue weighted by molar-refractivity contribution is 0.0524. The van der Waals surface area contributed by atoms with E-state index < -0.39 is 0 Å². The van der Waals surface area contributed by atoms with Crippen LogP contribution in [-0.2, 0) is 11.3 Å². The highest BCUT2D eigenvalue weighted by molar-refractivity contribution is 7.18. The van der Waals surface area contributed by atoms with Crippen molar-refractivity contribution >= 4 is 22.4 Å². The quantitative estimate of drug-likeness (QED) is 0.865. The summed E-state index contributed by atoms with van der Waals surface area (Å²) < 4.78 is 7.68. The summed E-state index contributed by atoms with van der Waals surface area (Å²) in [6.45, 7) is 11.1. The summed E-state index contributed by atoms with van der Waals surface area (Å²) in [6.07, 6.45) is 1.93. The minimum atomic E-state index is 0.186. The topological polar surface area (TPSA) is 82.1 Å². The van der Waals surface area contributed by atoms with Gasteiger partial charge in [-0.05, 0) is 13.8 Å². The Bertz CT molecular complexity index is 679. The van der Waals surface area contributed by atoms with Crippen LogP contribution in [0.3, 0.4) is 0 Å². The summed E-state index contributed by atoms with van der Waals surface area (Å²) in [5.41, 5.74) is 6.78. The number of anilines is 2. The van der Waals surface area contributed by atoms with Crippen LogP contribution in [0.1, 0.15) is 13.8 Å². The fourth-order valence-corrected chi connectivity index (χ4v) is 3.20. The molecule has 1 saturated heterocycles. The van der Waals surface area contributed by atoms with E-state index in [0.29, 0.717) is 18.3 Å². The van der Waals surface area contributed by atoms with E-state index in [1.165, 1.54) is 11.3 Å². The first-order valence-corrected chi connectivity index (χ1v) is 8.02. The van der Waals surface area contributed by atoms with Crippen LogP contribution in [0.5, 0.6) is 0 Å². The van der Waals surface area contributed by atoms with Gasteiger partial charge in [0.2, 0.25) is 5.95 Å². The van der Waals surface area contributed by atoms with Crippen molar-refractivity contribution < 1.29 is 4.74 Å². The van der Waals surface area contributed by atoms with Crippen LogP contribution < -0.4 is 10.6 Å². The first-order valence-electron chi connectivity index (χ1n) is 7.20. The number of allylic oxidation sites excluding steroid dienone is 1. The summed E-state index contributed by atoms with van der Waals surface area (Å²) >= 11 is 1.41. The molecule has 8 heteroatoms. The second-order valence-electron chi connectivity index (χ2n) is 5.56. The SMILES string of the molecule is C=C(C)Cn1c(-c2cnc(N)s2)nnc1N1CCOC(C)C1. The van der Waals surface area contributed by atoms with Crippen molar-refractivity contribution in [3.63, 3.8) is 0 Å². The van der Waals surface area contributed by atoms with Crippen LogP contribution in [0.4, 0.5) is 11.1 Å². The van der Waals surface area contributed by atoms with Crippen molar-refractivity contribution in [3.05, 3.63) is 18.3 Å². The highest BCUT2D eigenvalue weighted by Crippen LogP contribution is 2.29. The number of nitrogens with zero attached hydrogens (tertiary/aromatic N) is 5. The number of hydrogen-bond donors (Lipinski definition) is 1. The Hall–Kier alpha value is -1.93. The van der Waals surface area contributed by atoms with Gasteiger partial charge in [0, 0.05) is 19.6 Å². The fraction of sp³-hybridized carbons (Fsp3) is 0.500. The van der Waals surface area contributed by atoms with Crippen LogP contribution in [-0.4, -0.2) is 45.5 Å². The first-order chi connectivity index (χ1) is 10.5. The number of aromatic nitrogens is 4. The Morgan fingerprint density at radius 1 is 1.55 bits per heavy atom. The Kier molecular flexibility index (Phi) is 4.12. The molecule has 1 aliphatic rings. The molecular weight excluding hydrogens is 300 g/mol. The van der Waals surface area contributed by atoms with Crippen LogP contribution in [0.25, 0.3) is 10.7 Å². The van der Waals surface area contributed by atoms with Crippen molar-refractivity contribution in [3.8, 4) is 10.7 Å². The van der Waals surface area contributed by atoms with Gasteiger partial charge >= 0.3 is 0 Å². The molecule has 118 valence electrons. The Morgan fingerprint density at radius 2 is 2.36 bits per heavy atom. The van der Waals surface area contributed by atoms with E-state index in [9.17, 15) is 0 Å². The zero-order chi connectivity index (χ0) is 15.7. The molecule has 22 heavy (non-hydrogen) atoms. The molecule has 0 aliphatic carbocycles. The van der Waals surface area contributed by atoms with Crippen LogP contribution in [0.2, 0.25) is 0 Å². The number of morpholine rings is 1. The molecule has 3 rings (SSSR count). The van der Waals surface area contributed by atoms with Gasteiger partial charge in [-0.25, -0.2) is 4.98 Å². The third-order valence-electron chi connectivity index (χ3n) is 3.43. The Morgan fingerprint density at radius 3 is 3.00 bits per heavy atom. The van der Waals surface area contributed by atoms with Gasteiger partial charge in [0.15, 0.2) is 11.0 Å². The Labute approximate surface area is 133 Å². The van der Waals surface area contributed by atoms with Gasteiger partial charge in [-0.2, -0.15) is 0 Å². The van der Waals surface area contributed by atoms with Crippen LogP contribution >= 0.6 is 11.3 Å². The summed E-state index contributed by atoms with van der Waals surface area (Å²) in [7, 11) is 0. The van der Waals surface area contributed by atoms with Gasteiger partial charge in [-0.1, -0.05) is 23.5 Å². The average molecular weight is 320 g/mol. The molecule has 0 amide bonds. The lowest BCUT2D eigenvalue weighted by atomic mass is 10.3. The predicted molar refractivity (Wildman–Crippen MR) is 88.0 cm³/mol. The van der Waals surface area contributed by atoms with Crippen molar-refractivity contribution in [2.45, 2.75) is 26.5 Å². The van der Waals surface area contributed by atoms with Crippen LogP contribution in [0, 0.1) is 0 Å². The molecule has 0 aromatic carbocycles. The number of thiazole rings is 1. The number of nitrogen functional groups attached to an aromatic ring is 1. The second kappa shape index (κ2) is 6.05. The van der Waals surface area contributed by atoms with Gasteiger partial charge in [0.25, 0.3) is 0 Å². The maximum Gasteiger partial charge on any atom is 0.228 e. The minimum Gasteiger partial charge on any atom is -0.375 e. The molecule has 0 saturated carbocycles. The van der Waals surface area contributed by atoms with Gasteiger partial charge < -0.3 is 15.4 Å². The van der Waals surface area contributed by atoms with Gasteiger partial charge in [0.1, 0.15) is 0 Å². The van der Waals surface area contributed by atoms with E-state index in [4.69, 9.17) is 10.5 Å². The summed E-state index contributed by atoms with van der Waals surface area (Å²) in [5, 5.41) is 9.28. The van der Waals surface area contributed by atoms with Gasteiger partial charge in [0.05, 0.1) is 23.8 Å². The smallest absolute Gasteiger partial charge is 0.228 e. The average Bonchev–Trinajstić information content (AvgIpc) is 3.04. The number of hydrogen-bond acceptors (Lipinski definition) is 7. The molecule has 2 aromatic rings. The predicted octanol–water partition coefficient (Wildman–Crippen LogP) is 1.78. The third-order valence-corrected chi connectivity index (χ3v) is 4.25. The van der Waals surface area contributed by atoms with Crippen molar-refractivity contribution in [2.75, 3.05) is 30.3 Å². The first kappa shape index (κ1) is 15.0. The van der Waals surface area contributed by atoms with Gasteiger partial charge in [-0.15, -0.1) is 10.2 Å². The number of rotatable bonds is 4. The largest absolute Gasteiger partial charge is 0.375 e. The molecule has 3 heterocycles. The van der Waals surface area contributed by atoms with Gasteiger partial charge in [-0.3, -0.25) is 4.57 Å². The minimum absolute atomic E-state index is 0.186. The summed E-state index contributed by atoms with van der Waals surface area (Å²) in [6, 6.07) is 0. The molecule has 1 unspecified atom stereocenters. The molecule has 0 radical (unpaired) electrons. The molecule has 0 spiro atoms. The normalized spacial score (nSPS) is 18.6. The highest BCUT2D eigenvalue weighted by Gasteiger charge is 2.24. The molecule has 1 aliphatic heterocycles. The lowest BCUT2D eigenvalue weighted by Gasteiger charge is -2.32. The molecule has 0 bridgehead atoms. The molecule has 2 N–H and O–H groups in total. The number of ether oxygens (including phenoxy) is 1. The maximum atomic E-state index is 5.74. The fourth-order valence-electron chi connectivity index (χ4n) is 2.52. The van der Waals surface area contributed by atoms with Crippen molar-refractivity contribution in [1.29, 1.82) is 0 Å². The lowest BCUT2D eigenvalue weighted by Crippen LogP contribution is -2.42. The Balaban J connectivity index is 1.99. The van der Waals surface area contributed by atoms with E-state index in [0.717, 1.165) is 35.3 Å².